The Kier molecular flexibility index (Phi) is 4.45. The maximum atomic E-state index is 9.41. The zero-order valence-corrected chi connectivity index (χ0v) is 13.4. The average Bonchev–Trinajstić information content (AvgIpc) is 2.40. The van der Waals surface area contributed by atoms with E-state index in [1.165, 1.54) is 0 Å². The maximum absolute atomic E-state index is 9.41. The van der Waals surface area contributed by atoms with Crippen molar-refractivity contribution < 1.29 is 9.84 Å². The van der Waals surface area contributed by atoms with Crippen molar-refractivity contribution in [2.45, 2.75) is 32.8 Å². The van der Waals surface area contributed by atoms with E-state index < -0.39 is 0 Å². The highest BCUT2D eigenvalue weighted by Gasteiger charge is 2.19. The highest BCUT2D eigenvalue weighted by molar-refractivity contribution is 9.10. The number of pyridine rings is 1. The molecule has 1 heterocycles. The Morgan fingerprint density at radius 1 is 1.25 bits per heavy atom. The summed E-state index contributed by atoms with van der Waals surface area (Å²) in [7, 11) is 0. The van der Waals surface area contributed by atoms with Crippen molar-refractivity contribution in [2.24, 2.45) is 0 Å². The maximum Gasteiger partial charge on any atom is 0.224 e. The van der Waals surface area contributed by atoms with Gasteiger partial charge in [-0.15, -0.1) is 0 Å². The molecule has 20 heavy (non-hydrogen) atoms. The molecule has 1 aromatic heterocycles. The van der Waals surface area contributed by atoms with Gasteiger partial charge < -0.3 is 9.84 Å². The van der Waals surface area contributed by atoms with Gasteiger partial charge in [-0.1, -0.05) is 39.0 Å². The molecular formula is C16H18BrNO2. The molecule has 0 amide bonds. The summed E-state index contributed by atoms with van der Waals surface area (Å²) < 4.78 is 6.74. The first-order valence-corrected chi connectivity index (χ1v) is 7.24. The second kappa shape index (κ2) is 5.94. The number of rotatable bonds is 3. The van der Waals surface area contributed by atoms with Crippen molar-refractivity contribution in [1.82, 2.24) is 4.98 Å². The number of aromatic nitrogens is 1. The fourth-order valence-corrected chi connectivity index (χ4v) is 2.33. The lowest BCUT2D eigenvalue weighted by Gasteiger charge is -2.22. The molecular weight excluding hydrogens is 318 g/mol. The number of ether oxygens (including phenoxy) is 1. The van der Waals surface area contributed by atoms with Crippen molar-refractivity contribution in [1.29, 1.82) is 0 Å². The number of halogens is 1. The van der Waals surface area contributed by atoms with E-state index in [1.54, 1.807) is 6.20 Å². The molecule has 106 valence electrons. The summed E-state index contributed by atoms with van der Waals surface area (Å²) in [6.45, 7) is 6.30. The topological polar surface area (TPSA) is 42.4 Å². The molecule has 1 aromatic carbocycles. The molecule has 2 rings (SSSR count). The number of para-hydroxylation sites is 1. The number of benzene rings is 1. The van der Waals surface area contributed by atoms with Crippen molar-refractivity contribution in [3.05, 3.63) is 52.1 Å². The molecule has 0 radical (unpaired) electrons. The molecule has 0 aliphatic carbocycles. The van der Waals surface area contributed by atoms with Crippen LogP contribution in [0.5, 0.6) is 11.6 Å². The van der Waals surface area contributed by atoms with Gasteiger partial charge in [-0.2, -0.15) is 0 Å². The summed E-state index contributed by atoms with van der Waals surface area (Å²) in [4.78, 5) is 4.24. The highest BCUT2D eigenvalue weighted by atomic mass is 79.9. The van der Waals surface area contributed by atoms with Gasteiger partial charge in [0.25, 0.3) is 0 Å². The van der Waals surface area contributed by atoms with Gasteiger partial charge in [-0.05, 0) is 33.5 Å². The van der Waals surface area contributed by atoms with E-state index >= 15 is 0 Å². The summed E-state index contributed by atoms with van der Waals surface area (Å²) in [6.07, 6.45) is 1.66. The smallest absolute Gasteiger partial charge is 0.224 e. The zero-order valence-electron chi connectivity index (χ0n) is 11.9. The zero-order chi connectivity index (χ0) is 14.8. The summed E-state index contributed by atoms with van der Waals surface area (Å²) in [5.41, 5.74) is 1.74. The van der Waals surface area contributed by atoms with Crippen LogP contribution in [0.25, 0.3) is 0 Å². The predicted octanol–water partition coefficient (Wildman–Crippen LogP) is 4.43. The van der Waals surface area contributed by atoms with E-state index in [0.717, 1.165) is 15.8 Å². The van der Waals surface area contributed by atoms with Gasteiger partial charge in [0.2, 0.25) is 5.88 Å². The summed E-state index contributed by atoms with van der Waals surface area (Å²) in [5.74, 6) is 1.21. The molecule has 4 heteroatoms. The highest BCUT2D eigenvalue weighted by Crippen LogP contribution is 2.34. The fraction of sp³-hybridized carbons (Fsp3) is 0.312. The lowest BCUT2D eigenvalue weighted by Crippen LogP contribution is -2.12. The van der Waals surface area contributed by atoms with Crippen LogP contribution in [-0.2, 0) is 12.0 Å². The molecule has 0 aliphatic heterocycles. The Hall–Kier alpha value is -1.39. The number of hydrogen-bond acceptors (Lipinski definition) is 3. The first-order valence-electron chi connectivity index (χ1n) is 6.44. The third-order valence-corrected chi connectivity index (χ3v) is 3.40. The number of hydrogen-bond donors (Lipinski definition) is 1. The molecule has 0 fully saturated rings. The van der Waals surface area contributed by atoms with Crippen LogP contribution in [0.1, 0.15) is 31.9 Å². The molecule has 0 unspecified atom stereocenters. The van der Waals surface area contributed by atoms with Gasteiger partial charge in [-0.25, -0.2) is 4.98 Å². The Morgan fingerprint density at radius 3 is 2.60 bits per heavy atom. The van der Waals surface area contributed by atoms with Crippen LogP contribution in [0.4, 0.5) is 0 Å². The minimum absolute atomic E-state index is 0.0225. The fourth-order valence-electron chi connectivity index (χ4n) is 1.95. The van der Waals surface area contributed by atoms with Crippen LogP contribution < -0.4 is 4.74 Å². The molecule has 0 spiro atoms. The average molecular weight is 336 g/mol. The molecule has 0 aliphatic rings. The van der Waals surface area contributed by atoms with Crippen LogP contribution in [0, 0.1) is 0 Å². The summed E-state index contributed by atoms with van der Waals surface area (Å²) >= 11 is 3.34. The van der Waals surface area contributed by atoms with Gasteiger partial charge in [0.1, 0.15) is 5.75 Å². The Morgan fingerprint density at radius 2 is 1.95 bits per heavy atom. The Balaban J connectivity index is 2.41. The first-order chi connectivity index (χ1) is 9.41. The van der Waals surface area contributed by atoms with Gasteiger partial charge in [0.15, 0.2) is 0 Å². The SMILES string of the molecule is CC(C)(C)c1ccccc1Oc1ncc(Br)cc1CO. The lowest BCUT2D eigenvalue weighted by molar-refractivity contribution is 0.274. The molecule has 0 atom stereocenters. The molecule has 0 saturated heterocycles. The molecule has 1 N–H and O–H groups in total. The van der Waals surface area contributed by atoms with Crippen molar-refractivity contribution >= 4 is 15.9 Å². The second-order valence-electron chi connectivity index (χ2n) is 5.62. The molecule has 0 bridgehead atoms. The third-order valence-electron chi connectivity index (χ3n) is 2.96. The quantitative estimate of drug-likeness (QED) is 0.902. The number of nitrogens with zero attached hydrogens (tertiary/aromatic N) is 1. The Labute approximate surface area is 127 Å². The van der Waals surface area contributed by atoms with E-state index in [2.05, 4.69) is 41.7 Å². The van der Waals surface area contributed by atoms with E-state index in [1.807, 2.05) is 30.3 Å². The van der Waals surface area contributed by atoms with Gasteiger partial charge in [0, 0.05) is 21.8 Å². The van der Waals surface area contributed by atoms with Crippen LogP contribution >= 0.6 is 15.9 Å². The molecule has 2 aromatic rings. The van der Waals surface area contributed by atoms with Crippen LogP contribution in [0.2, 0.25) is 0 Å². The van der Waals surface area contributed by atoms with Crippen molar-refractivity contribution in [3.8, 4) is 11.6 Å². The first kappa shape index (κ1) is 15.0. The number of aliphatic hydroxyl groups is 1. The lowest BCUT2D eigenvalue weighted by atomic mass is 9.86. The van der Waals surface area contributed by atoms with E-state index in [9.17, 15) is 5.11 Å². The Bertz CT molecular complexity index is 606. The van der Waals surface area contributed by atoms with Gasteiger partial charge in [-0.3, -0.25) is 0 Å². The normalized spacial score (nSPS) is 11.4. The van der Waals surface area contributed by atoms with Crippen LogP contribution in [-0.4, -0.2) is 10.1 Å². The van der Waals surface area contributed by atoms with Crippen LogP contribution in [0.3, 0.4) is 0 Å². The minimum atomic E-state index is -0.112. The summed E-state index contributed by atoms with van der Waals surface area (Å²) in [5, 5.41) is 9.41. The van der Waals surface area contributed by atoms with E-state index in [0.29, 0.717) is 11.4 Å². The summed E-state index contributed by atoms with van der Waals surface area (Å²) in [6, 6.07) is 9.71. The van der Waals surface area contributed by atoms with E-state index in [-0.39, 0.29) is 12.0 Å². The van der Waals surface area contributed by atoms with Crippen molar-refractivity contribution in [2.75, 3.05) is 0 Å². The standard InChI is InChI=1S/C16H18BrNO2/c1-16(2,3)13-6-4-5-7-14(13)20-15-11(10-19)8-12(17)9-18-15/h4-9,19H,10H2,1-3H3. The predicted molar refractivity (Wildman–Crippen MR) is 83.1 cm³/mol. The largest absolute Gasteiger partial charge is 0.438 e. The molecule has 3 nitrogen and oxygen atoms in total. The van der Waals surface area contributed by atoms with Gasteiger partial charge in [0.05, 0.1) is 6.61 Å². The monoisotopic (exact) mass is 335 g/mol. The second-order valence-corrected chi connectivity index (χ2v) is 6.54. The van der Waals surface area contributed by atoms with E-state index in [4.69, 9.17) is 4.74 Å². The molecule has 0 saturated carbocycles. The van der Waals surface area contributed by atoms with Gasteiger partial charge >= 0.3 is 0 Å². The van der Waals surface area contributed by atoms with Crippen molar-refractivity contribution in [3.63, 3.8) is 0 Å². The third kappa shape index (κ3) is 3.38. The van der Waals surface area contributed by atoms with Crippen LogP contribution in [0.15, 0.2) is 41.0 Å². The number of aliphatic hydroxyl groups excluding tert-OH is 1. The minimum Gasteiger partial charge on any atom is -0.438 e.